The summed E-state index contributed by atoms with van der Waals surface area (Å²) < 4.78 is 7.34. The molecule has 0 aliphatic heterocycles. The summed E-state index contributed by atoms with van der Waals surface area (Å²) in [7, 11) is 1.24. The van der Waals surface area contributed by atoms with Gasteiger partial charge in [-0.05, 0) is 24.7 Å². The second kappa shape index (κ2) is 7.65. The SMILES string of the molecule is C=CCn1c(C(=O)OC)cc(=O)n(/N=C(\C)c2ccccc2)c1=S. The molecule has 0 N–H and O–H groups in total. The first-order chi connectivity index (χ1) is 11.5. The summed E-state index contributed by atoms with van der Waals surface area (Å²) in [5, 5.41) is 4.31. The Morgan fingerprint density at radius 1 is 1.38 bits per heavy atom. The van der Waals surface area contributed by atoms with E-state index in [1.54, 1.807) is 13.0 Å². The molecule has 0 fully saturated rings. The molecule has 24 heavy (non-hydrogen) atoms. The molecule has 1 aromatic carbocycles. The third-order valence-electron chi connectivity index (χ3n) is 3.32. The van der Waals surface area contributed by atoms with Gasteiger partial charge in [0.05, 0.1) is 12.8 Å². The first-order valence-corrected chi connectivity index (χ1v) is 7.57. The standard InChI is InChI=1S/C17H17N3O3S/c1-4-10-19-14(16(22)23-3)11-15(21)20(17(19)24)18-12(2)13-8-6-5-7-9-13/h4-9,11H,1,10H2,2-3H3/b18-12+. The maximum absolute atomic E-state index is 12.3. The number of hydrogen-bond donors (Lipinski definition) is 0. The number of benzene rings is 1. The Balaban J connectivity index is 2.66. The van der Waals surface area contributed by atoms with Gasteiger partial charge in [0, 0.05) is 12.6 Å². The second-order valence-electron chi connectivity index (χ2n) is 4.90. The van der Waals surface area contributed by atoms with E-state index in [1.807, 2.05) is 30.3 Å². The third kappa shape index (κ3) is 3.57. The number of aromatic nitrogens is 2. The summed E-state index contributed by atoms with van der Waals surface area (Å²) in [5.74, 6) is -0.643. The predicted molar refractivity (Wildman–Crippen MR) is 95.1 cm³/mol. The van der Waals surface area contributed by atoms with Crippen molar-refractivity contribution >= 4 is 23.9 Å². The lowest BCUT2D eigenvalue weighted by atomic mass is 10.1. The Labute approximate surface area is 144 Å². The number of ether oxygens (including phenoxy) is 1. The second-order valence-corrected chi connectivity index (χ2v) is 5.27. The van der Waals surface area contributed by atoms with E-state index in [0.717, 1.165) is 16.3 Å². The molecule has 7 heteroatoms. The average Bonchev–Trinajstić information content (AvgIpc) is 2.60. The van der Waals surface area contributed by atoms with E-state index in [0.29, 0.717) is 5.71 Å². The monoisotopic (exact) mass is 343 g/mol. The van der Waals surface area contributed by atoms with Crippen molar-refractivity contribution in [2.75, 3.05) is 7.11 Å². The van der Waals surface area contributed by atoms with E-state index < -0.39 is 11.5 Å². The summed E-state index contributed by atoms with van der Waals surface area (Å²) in [6.07, 6.45) is 1.57. The van der Waals surface area contributed by atoms with Gasteiger partial charge in [0.25, 0.3) is 5.56 Å². The molecule has 0 atom stereocenters. The summed E-state index contributed by atoms with van der Waals surface area (Å²) >= 11 is 5.33. The zero-order chi connectivity index (χ0) is 17.7. The summed E-state index contributed by atoms with van der Waals surface area (Å²) in [4.78, 5) is 24.2. The molecule has 2 aromatic rings. The fraction of sp³-hybridized carbons (Fsp3) is 0.176. The number of esters is 1. The number of methoxy groups -OCH3 is 1. The molecular weight excluding hydrogens is 326 g/mol. The smallest absolute Gasteiger partial charge is 0.354 e. The Kier molecular flexibility index (Phi) is 5.59. The first-order valence-electron chi connectivity index (χ1n) is 7.16. The third-order valence-corrected chi connectivity index (χ3v) is 3.71. The highest BCUT2D eigenvalue weighted by Crippen LogP contribution is 2.05. The lowest BCUT2D eigenvalue weighted by Crippen LogP contribution is -2.27. The number of carbonyl (C=O) groups excluding carboxylic acids is 1. The van der Waals surface area contributed by atoms with Crippen molar-refractivity contribution in [2.24, 2.45) is 5.10 Å². The van der Waals surface area contributed by atoms with E-state index in [1.165, 1.54) is 11.7 Å². The number of carbonyl (C=O) groups is 1. The molecule has 0 amide bonds. The molecule has 2 rings (SSSR count). The molecule has 0 aliphatic carbocycles. The van der Waals surface area contributed by atoms with Crippen molar-refractivity contribution in [3.8, 4) is 0 Å². The van der Waals surface area contributed by atoms with E-state index >= 15 is 0 Å². The van der Waals surface area contributed by atoms with Crippen LogP contribution in [0.3, 0.4) is 0 Å². The van der Waals surface area contributed by atoms with Gasteiger partial charge in [-0.15, -0.1) is 6.58 Å². The van der Waals surface area contributed by atoms with Crippen LogP contribution in [-0.4, -0.2) is 28.0 Å². The zero-order valence-corrected chi connectivity index (χ0v) is 14.2. The molecule has 0 unspecified atom stereocenters. The normalized spacial score (nSPS) is 11.2. The van der Waals surface area contributed by atoms with Crippen LogP contribution in [-0.2, 0) is 11.3 Å². The number of nitrogens with zero attached hydrogens (tertiary/aromatic N) is 3. The largest absolute Gasteiger partial charge is 0.464 e. The molecule has 0 spiro atoms. The molecule has 1 heterocycles. The van der Waals surface area contributed by atoms with Crippen LogP contribution in [0.2, 0.25) is 0 Å². The van der Waals surface area contributed by atoms with Crippen molar-refractivity contribution < 1.29 is 9.53 Å². The highest BCUT2D eigenvalue weighted by Gasteiger charge is 2.15. The Bertz CT molecular complexity index is 911. The lowest BCUT2D eigenvalue weighted by molar-refractivity contribution is 0.0586. The van der Waals surface area contributed by atoms with Crippen molar-refractivity contribution in [3.63, 3.8) is 0 Å². The molecule has 0 radical (unpaired) electrons. The van der Waals surface area contributed by atoms with Gasteiger partial charge >= 0.3 is 5.97 Å². The van der Waals surface area contributed by atoms with Crippen LogP contribution in [0.4, 0.5) is 0 Å². The molecule has 0 bridgehead atoms. The summed E-state index contributed by atoms with van der Waals surface area (Å²) in [6, 6.07) is 10.6. The Hall–Kier alpha value is -2.80. The summed E-state index contributed by atoms with van der Waals surface area (Å²) in [6.45, 7) is 5.68. The van der Waals surface area contributed by atoms with Crippen LogP contribution in [0.25, 0.3) is 0 Å². The van der Waals surface area contributed by atoms with Crippen LogP contribution in [0.1, 0.15) is 23.0 Å². The number of hydrogen-bond acceptors (Lipinski definition) is 5. The molecule has 124 valence electrons. The highest BCUT2D eigenvalue weighted by atomic mass is 32.1. The van der Waals surface area contributed by atoms with Crippen molar-refractivity contribution in [2.45, 2.75) is 13.5 Å². The van der Waals surface area contributed by atoms with Crippen LogP contribution in [0.5, 0.6) is 0 Å². The van der Waals surface area contributed by atoms with Crippen molar-refractivity contribution in [1.29, 1.82) is 0 Å². The fourth-order valence-corrected chi connectivity index (χ4v) is 2.43. The van der Waals surface area contributed by atoms with E-state index in [9.17, 15) is 9.59 Å². The van der Waals surface area contributed by atoms with E-state index in [-0.39, 0.29) is 17.0 Å². The van der Waals surface area contributed by atoms with Gasteiger partial charge in [-0.1, -0.05) is 36.4 Å². The lowest BCUT2D eigenvalue weighted by Gasteiger charge is -2.12. The summed E-state index contributed by atoms with van der Waals surface area (Å²) in [5.41, 5.74) is 1.05. The van der Waals surface area contributed by atoms with Gasteiger partial charge in [-0.2, -0.15) is 9.78 Å². The zero-order valence-electron chi connectivity index (χ0n) is 13.4. The van der Waals surface area contributed by atoms with Gasteiger partial charge in [0.1, 0.15) is 5.69 Å². The number of allylic oxidation sites excluding steroid dienone is 1. The highest BCUT2D eigenvalue weighted by molar-refractivity contribution is 7.71. The quantitative estimate of drug-likeness (QED) is 0.362. The van der Waals surface area contributed by atoms with Gasteiger partial charge in [0.2, 0.25) is 4.77 Å². The van der Waals surface area contributed by atoms with Gasteiger partial charge in [-0.25, -0.2) is 4.79 Å². The Morgan fingerprint density at radius 3 is 2.62 bits per heavy atom. The molecule has 0 saturated carbocycles. The maximum Gasteiger partial charge on any atom is 0.354 e. The minimum Gasteiger partial charge on any atom is -0.464 e. The van der Waals surface area contributed by atoms with Crippen LogP contribution in [0.15, 0.2) is 58.9 Å². The van der Waals surface area contributed by atoms with Crippen LogP contribution < -0.4 is 5.56 Å². The predicted octanol–water partition coefficient (Wildman–Crippen LogP) is 2.62. The van der Waals surface area contributed by atoms with Gasteiger partial charge in [-0.3, -0.25) is 4.79 Å². The fourth-order valence-electron chi connectivity index (χ4n) is 2.13. The molecular formula is C17H17N3O3S. The minimum atomic E-state index is -0.643. The number of rotatable bonds is 5. The van der Waals surface area contributed by atoms with Gasteiger partial charge in [0.15, 0.2) is 0 Å². The van der Waals surface area contributed by atoms with Crippen LogP contribution in [0, 0.1) is 4.77 Å². The van der Waals surface area contributed by atoms with Crippen molar-refractivity contribution in [3.05, 3.63) is 75.4 Å². The van der Waals surface area contributed by atoms with Gasteiger partial charge < -0.3 is 9.30 Å². The molecule has 0 aliphatic rings. The first kappa shape index (κ1) is 17.6. The minimum absolute atomic E-state index is 0.0659. The van der Waals surface area contributed by atoms with Crippen LogP contribution >= 0.6 is 12.2 Å². The van der Waals surface area contributed by atoms with E-state index in [2.05, 4.69) is 11.7 Å². The average molecular weight is 343 g/mol. The maximum atomic E-state index is 12.3. The Morgan fingerprint density at radius 2 is 2.04 bits per heavy atom. The van der Waals surface area contributed by atoms with E-state index in [4.69, 9.17) is 17.0 Å². The molecule has 1 aromatic heterocycles. The topological polar surface area (TPSA) is 65.6 Å². The molecule has 6 nitrogen and oxygen atoms in total. The molecule has 0 saturated heterocycles. The van der Waals surface area contributed by atoms with Crippen molar-refractivity contribution in [1.82, 2.24) is 9.24 Å².